The van der Waals surface area contributed by atoms with E-state index in [0.717, 1.165) is 16.5 Å². The molecule has 0 aliphatic heterocycles. The summed E-state index contributed by atoms with van der Waals surface area (Å²) >= 11 is 9.68. The fourth-order valence-electron chi connectivity index (χ4n) is 1.91. The second-order valence-corrected chi connectivity index (χ2v) is 5.43. The zero-order valence-corrected chi connectivity index (χ0v) is 13.8. The van der Waals surface area contributed by atoms with Crippen LogP contribution in [0.5, 0.6) is 11.5 Å². The van der Waals surface area contributed by atoms with E-state index >= 15 is 0 Å². The summed E-state index contributed by atoms with van der Waals surface area (Å²) in [5.41, 5.74) is 3.38. The van der Waals surface area contributed by atoms with Crippen LogP contribution in [0.3, 0.4) is 0 Å². The summed E-state index contributed by atoms with van der Waals surface area (Å²) in [6.07, 6.45) is 0. The van der Waals surface area contributed by atoms with Gasteiger partial charge in [-0.05, 0) is 35.7 Å². The molecule has 0 amide bonds. The minimum Gasteiger partial charge on any atom is -0.493 e. The predicted octanol–water partition coefficient (Wildman–Crippen LogP) is 5.13. The minimum absolute atomic E-state index is 0.469. The smallest absolute Gasteiger partial charge is 0.180 e. The first-order valence-corrected chi connectivity index (χ1v) is 7.75. The van der Waals surface area contributed by atoms with E-state index < -0.39 is 0 Å². The van der Waals surface area contributed by atoms with Crippen molar-refractivity contribution in [3.05, 3.63) is 58.1 Å². The van der Waals surface area contributed by atoms with Crippen molar-refractivity contribution in [2.45, 2.75) is 18.9 Å². The Balaban J connectivity index is 2.23. The highest BCUT2D eigenvalue weighted by Gasteiger charge is 2.12. The van der Waals surface area contributed by atoms with Crippen molar-refractivity contribution in [3.8, 4) is 11.5 Å². The molecule has 2 rings (SSSR count). The van der Waals surface area contributed by atoms with Crippen LogP contribution in [-0.2, 0) is 11.9 Å². The average Bonchev–Trinajstić information content (AvgIpc) is 2.46. The molecule has 4 heteroatoms. The molecular formula is C16H16BrClO2. The number of halogens is 2. The van der Waals surface area contributed by atoms with Gasteiger partial charge in [-0.3, -0.25) is 0 Å². The van der Waals surface area contributed by atoms with Crippen LogP contribution in [0.25, 0.3) is 0 Å². The summed E-state index contributed by atoms with van der Waals surface area (Å²) in [6, 6.07) is 11.9. The number of ether oxygens (including phenoxy) is 2. The van der Waals surface area contributed by atoms with Crippen LogP contribution in [0.4, 0.5) is 0 Å². The van der Waals surface area contributed by atoms with Gasteiger partial charge < -0.3 is 9.47 Å². The summed E-state index contributed by atoms with van der Waals surface area (Å²) in [4.78, 5) is 0. The Labute approximate surface area is 132 Å². The summed E-state index contributed by atoms with van der Waals surface area (Å²) < 4.78 is 11.2. The van der Waals surface area contributed by atoms with E-state index in [-0.39, 0.29) is 0 Å². The number of aryl methyl sites for hydroxylation is 1. The van der Waals surface area contributed by atoms with Gasteiger partial charge in [-0.15, -0.1) is 0 Å². The Hall–Kier alpha value is -1.19. The molecule has 2 nitrogen and oxygen atoms in total. The lowest BCUT2D eigenvalue weighted by atomic mass is 10.1. The monoisotopic (exact) mass is 354 g/mol. The molecule has 0 bridgehead atoms. The third kappa shape index (κ3) is 3.47. The largest absolute Gasteiger partial charge is 0.493 e. The molecule has 0 aliphatic carbocycles. The van der Waals surface area contributed by atoms with E-state index in [9.17, 15) is 0 Å². The molecule has 0 fully saturated rings. The van der Waals surface area contributed by atoms with E-state index in [4.69, 9.17) is 21.1 Å². The highest BCUT2D eigenvalue weighted by molar-refractivity contribution is 9.08. The first kappa shape index (κ1) is 15.2. The second kappa shape index (κ2) is 7.00. The van der Waals surface area contributed by atoms with Gasteiger partial charge in [0.15, 0.2) is 11.5 Å². The van der Waals surface area contributed by atoms with Crippen molar-refractivity contribution in [1.29, 1.82) is 0 Å². The lowest BCUT2D eigenvalue weighted by Gasteiger charge is -2.14. The normalized spacial score (nSPS) is 10.4. The van der Waals surface area contributed by atoms with Gasteiger partial charge in [0.05, 0.1) is 12.1 Å². The fourth-order valence-corrected chi connectivity index (χ4v) is 2.52. The number of methoxy groups -OCH3 is 1. The van der Waals surface area contributed by atoms with Crippen LogP contribution < -0.4 is 9.47 Å². The summed E-state index contributed by atoms with van der Waals surface area (Å²) in [5, 5.41) is 1.29. The Morgan fingerprint density at radius 1 is 1.20 bits per heavy atom. The number of alkyl halides is 1. The molecule has 106 valence electrons. The molecule has 0 atom stereocenters. The van der Waals surface area contributed by atoms with Crippen LogP contribution in [0.1, 0.15) is 16.7 Å². The van der Waals surface area contributed by atoms with Gasteiger partial charge in [-0.1, -0.05) is 51.8 Å². The third-order valence-corrected chi connectivity index (χ3v) is 4.01. The van der Waals surface area contributed by atoms with Crippen LogP contribution in [0, 0.1) is 6.92 Å². The van der Waals surface area contributed by atoms with E-state index in [1.165, 1.54) is 5.56 Å². The molecule has 0 aromatic heterocycles. The van der Waals surface area contributed by atoms with Crippen molar-refractivity contribution >= 4 is 27.5 Å². The minimum atomic E-state index is 0.469. The highest BCUT2D eigenvalue weighted by Crippen LogP contribution is 2.37. The summed E-state index contributed by atoms with van der Waals surface area (Å²) in [5.74, 6) is 1.24. The van der Waals surface area contributed by atoms with Crippen molar-refractivity contribution in [3.63, 3.8) is 0 Å². The Morgan fingerprint density at radius 2 is 1.95 bits per heavy atom. The molecule has 0 saturated carbocycles. The fraction of sp³-hybridized carbons (Fsp3) is 0.250. The van der Waals surface area contributed by atoms with Gasteiger partial charge in [-0.2, -0.15) is 0 Å². The Bertz CT molecular complexity index is 599. The van der Waals surface area contributed by atoms with Gasteiger partial charge in [0, 0.05) is 5.33 Å². The molecule has 0 unspecified atom stereocenters. The quantitative estimate of drug-likeness (QED) is 0.692. The zero-order valence-electron chi connectivity index (χ0n) is 11.5. The lowest BCUT2D eigenvalue weighted by molar-refractivity contribution is 0.284. The molecule has 0 N–H and O–H groups in total. The SMILES string of the molecule is COc1cc(CBr)cc(Cl)c1OCc1ccccc1C. The summed E-state index contributed by atoms with van der Waals surface area (Å²) in [7, 11) is 1.62. The molecule has 20 heavy (non-hydrogen) atoms. The Morgan fingerprint density at radius 3 is 2.60 bits per heavy atom. The molecule has 0 spiro atoms. The van der Waals surface area contributed by atoms with Crippen LogP contribution >= 0.6 is 27.5 Å². The van der Waals surface area contributed by atoms with Gasteiger partial charge in [0.2, 0.25) is 0 Å². The van der Waals surface area contributed by atoms with E-state index in [1.54, 1.807) is 7.11 Å². The van der Waals surface area contributed by atoms with Gasteiger partial charge in [0.1, 0.15) is 6.61 Å². The summed E-state index contributed by atoms with van der Waals surface area (Å²) in [6.45, 7) is 2.53. The average molecular weight is 356 g/mol. The maximum Gasteiger partial charge on any atom is 0.180 e. The van der Waals surface area contributed by atoms with Crippen molar-refractivity contribution in [2.24, 2.45) is 0 Å². The number of hydrogen-bond acceptors (Lipinski definition) is 2. The van der Waals surface area contributed by atoms with Crippen LogP contribution in [0.15, 0.2) is 36.4 Å². The third-order valence-electron chi connectivity index (χ3n) is 3.08. The second-order valence-electron chi connectivity index (χ2n) is 4.46. The lowest BCUT2D eigenvalue weighted by Crippen LogP contribution is -2.00. The Kier molecular flexibility index (Phi) is 5.32. The molecular weight excluding hydrogens is 340 g/mol. The number of rotatable bonds is 5. The van der Waals surface area contributed by atoms with Crippen molar-refractivity contribution in [1.82, 2.24) is 0 Å². The first-order valence-electron chi connectivity index (χ1n) is 6.25. The van der Waals surface area contributed by atoms with Gasteiger partial charge in [0.25, 0.3) is 0 Å². The van der Waals surface area contributed by atoms with Crippen LogP contribution in [-0.4, -0.2) is 7.11 Å². The molecule has 0 heterocycles. The number of benzene rings is 2. The van der Waals surface area contributed by atoms with Crippen molar-refractivity contribution < 1.29 is 9.47 Å². The first-order chi connectivity index (χ1) is 9.65. The maximum absolute atomic E-state index is 6.27. The zero-order chi connectivity index (χ0) is 14.5. The van der Waals surface area contributed by atoms with E-state index in [1.807, 2.05) is 30.3 Å². The van der Waals surface area contributed by atoms with E-state index in [2.05, 4.69) is 28.9 Å². The standard InChI is InChI=1S/C16H16BrClO2/c1-11-5-3-4-6-13(11)10-20-16-14(18)7-12(9-17)8-15(16)19-2/h3-8H,9-10H2,1-2H3. The molecule has 2 aromatic carbocycles. The molecule has 0 saturated heterocycles. The predicted molar refractivity (Wildman–Crippen MR) is 86.1 cm³/mol. The van der Waals surface area contributed by atoms with Crippen LogP contribution in [0.2, 0.25) is 5.02 Å². The topological polar surface area (TPSA) is 18.5 Å². The highest BCUT2D eigenvalue weighted by atomic mass is 79.9. The molecule has 0 aliphatic rings. The molecule has 0 radical (unpaired) electrons. The number of hydrogen-bond donors (Lipinski definition) is 0. The van der Waals surface area contributed by atoms with Crippen molar-refractivity contribution in [2.75, 3.05) is 7.11 Å². The van der Waals surface area contributed by atoms with Gasteiger partial charge >= 0.3 is 0 Å². The maximum atomic E-state index is 6.27. The van der Waals surface area contributed by atoms with Gasteiger partial charge in [-0.25, -0.2) is 0 Å². The van der Waals surface area contributed by atoms with E-state index in [0.29, 0.717) is 23.1 Å². The molecule has 2 aromatic rings.